The first kappa shape index (κ1) is 19.5. The van der Waals surface area contributed by atoms with Gasteiger partial charge in [-0.2, -0.15) is 4.98 Å². The zero-order valence-corrected chi connectivity index (χ0v) is 17.0. The fourth-order valence-electron chi connectivity index (χ4n) is 3.13. The lowest BCUT2D eigenvalue weighted by atomic mass is 9.99. The number of pyridine rings is 1. The van der Waals surface area contributed by atoms with E-state index in [0.717, 1.165) is 16.8 Å². The molecule has 8 heteroatoms. The van der Waals surface area contributed by atoms with Crippen molar-refractivity contribution in [1.29, 1.82) is 0 Å². The first-order chi connectivity index (χ1) is 14.4. The molecule has 30 heavy (non-hydrogen) atoms. The van der Waals surface area contributed by atoms with Crippen LogP contribution in [0, 0.1) is 6.92 Å². The van der Waals surface area contributed by atoms with Gasteiger partial charge in [0.05, 0.1) is 12.6 Å². The number of aromatic nitrogens is 4. The van der Waals surface area contributed by atoms with Gasteiger partial charge in [0.25, 0.3) is 5.89 Å². The van der Waals surface area contributed by atoms with E-state index in [9.17, 15) is 9.59 Å². The molecule has 1 amide bonds. The number of carbonyl (C=O) groups excluding carboxylic acids is 2. The Morgan fingerprint density at radius 2 is 1.97 bits per heavy atom. The highest BCUT2D eigenvalue weighted by Crippen LogP contribution is 2.22. The standard InChI is InChI=1S/C22H21N5O3/c1-14-7-8-15(22-24-19(25-30-22)12-21(29)26(2)3)10-16(14)11-18(28)17-13-23-20-6-4-5-9-27(17)20/h4-10,13H,11-12H2,1-3H3. The Kier molecular flexibility index (Phi) is 5.14. The summed E-state index contributed by atoms with van der Waals surface area (Å²) in [5.74, 6) is 0.509. The summed E-state index contributed by atoms with van der Waals surface area (Å²) in [5.41, 5.74) is 3.84. The fourth-order valence-corrected chi connectivity index (χ4v) is 3.13. The predicted octanol–water partition coefficient (Wildman–Crippen LogP) is 2.75. The summed E-state index contributed by atoms with van der Waals surface area (Å²) in [4.78, 5) is 34.9. The second-order valence-electron chi connectivity index (χ2n) is 7.29. The van der Waals surface area contributed by atoms with E-state index in [1.807, 2.05) is 49.5 Å². The van der Waals surface area contributed by atoms with E-state index in [-0.39, 0.29) is 24.5 Å². The molecule has 3 aromatic heterocycles. The van der Waals surface area contributed by atoms with Gasteiger partial charge in [-0.05, 0) is 42.3 Å². The van der Waals surface area contributed by atoms with Gasteiger partial charge in [-0.1, -0.05) is 17.3 Å². The first-order valence-corrected chi connectivity index (χ1v) is 9.50. The SMILES string of the molecule is Cc1ccc(-c2nc(CC(=O)N(C)C)no2)cc1CC(=O)c1cnc2ccccn12. The molecule has 4 rings (SSSR count). The van der Waals surface area contributed by atoms with Crippen LogP contribution >= 0.6 is 0 Å². The van der Waals surface area contributed by atoms with Gasteiger partial charge >= 0.3 is 0 Å². The van der Waals surface area contributed by atoms with Crippen LogP contribution in [0.2, 0.25) is 0 Å². The Bertz CT molecular complexity index is 1240. The van der Waals surface area contributed by atoms with E-state index < -0.39 is 0 Å². The van der Waals surface area contributed by atoms with Gasteiger partial charge < -0.3 is 9.42 Å². The van der Waals surface area contributed by atoms with Crippen LogP contribution < -0.4 is 0 Å². The lowest BCUT2D eigenvalue weighted by molar-refractivity contribution is -0.128. The molecular weight excluding hydrogens is 382 g/mol. The molecule has 0 radical (unpaired) electrons. The topological polar surface area (TPSA) is 93.6 Å². The molecule has 0 aliphatic rings. The van der Waals surface area contributed by atoms with Crippen LogP contribution in [-0.4, -0.2) is 50.2 Å². The maximum atomic E-state index is 12.9. The van der Waals surface area contributed by atoms with Gasteiger partial charge in [-0.15, -0.1) is 0 Å². The molecule has 152 valence electrons. The van der Waals surface area contributed by atoms with E-state index in [1.54, 1.807) is 24.7 Å². The molecule has 0 aliphatic carbocycles. The number of hydrogen-bond acceptors (Lipinski definition) is 6. The Hall–Kier alpha value is -3.81. The largest absolute Gasteiger partial charge is 0.348 e. The molecule has 0 atom stereocenters. The van der Waals surface area contributed by atoms with Crippen molar-refractivity contribution in [3.8, 4) is 11.5 Å². The third-order valence-corrected chi connectivity index (χ3v) is 4.93. The molecule has 0 spiro atoms. The molecule has 0 fully saturated rings. The number of Topliss-reactive ketones (excluding diaryl/α,β-unsaturated/α-hetero) is 1. The molecule has 0 unspecified atom stereocenters. The van der Waals surface area contributed by atoms with Gasteiger partial charge in [-0.25, -0.2) is 4.98 Å². The Morgan fingerprint density at radius 3 is 2.77 bits per heavy atom. The van der Waals surface area contributed by atoms with Gasteiger partial charge in [-0.3, -0.25) is 14.0 Å². The summed E-state index contributed by atoms with van der Waals surface area (Å²) >= 11 is 0. The fraction of sp³-hybridized carbons (Fsp3) is 0.227. The van der Waals surface area contributed by atoms with Crippen molar-refractivity contribution in [2.24, 2.45) is 0 Å². The normalized spacial score (nSPS) is 11.0. The third kappa shape index (κ3) is 3.84. The number of nitrogens with zero attached hydrogens (tertiary/aromatic N) is 5. The molecule has 0 aliphatic heterocycles. The minimum Gasteiger partial charge on any atom is -0.348 e. The summed E-state index contributed by atoms with van der Waals surface area (Å²) in [5, 5.41) is 3.89. The Balaban J connectivity index is 1.57. The predicted molar refractivity (Wildman–Crippen MR) is 110 cm³/mol. The molecule has 8 nitrogen and oxygen atoms in total. The Labute approximate surface area is 173 Å². The second-order valence-corrected chi connectivity index (χ2v) is 7.29. The lowest BCUT2D eigenvalue weighted by Gasteiger charge is -2.07. The average molecular weight is 403 g/mol. The van der Waals surface area contributed by atoms with E-state index >= 15 is 0 Å². The zero-order chi connectivity index (χ0) is 21.3. The third-order valence-electron chi connectivity index (χ3n) is 4.93. The molecule has 4 aromatic rings. The highest BCUT2D eigenvalue weighted by Gasteiger charge is 2.17. The van der Waals surface area contributed by atoms with E-state index in [0.29, 0.717) is 23.0 Å². The van der Waals surface area contributed by atoms with Crippen molar-refractivity contribution >= 4 is 17.3 Å². The number of rotatable bonds is 6. The highest BCUT2D eigenvalue weighted by atomic mass is 16.5. The summed E-state index contributed by atoms with van der Waals surface area (Å²) in [7, 11) is 3.35. The van der Waals surface area contributed by atoms with Crippen LogP contribution in [0.15, 0.2) is 53.3 Å². The van der Waals surface area contributed by atoms with Crippen LogP contribution in [0.5, 0.6) is 0 Å². The number of benzene rings is 1. The molecular formula is C22H21N5O3. The van der Waals surface area contributed by atoms with Crippen molar-refractivity contribution in [1.82, 2.24) is 24.4 Å². The van der Waals surface area contributed by atoms with Crippen LogP contribution in [0.25, 0.3) is 17.1 Å². The van der Waals surface area contributed by atoms with Gasteiger partial charge in [0.1, 0.15) is 11.3 Å². The number of aryl methyl sites for hydroxylation is 1. The van der Waals surface area contributed by atoms with Crippen LogP contribution in [-0.2, 0) is 17.6 Å². The first-order valence-electron chi connectivity index (χ1n) is 9.50. The average Bonchev–Trinajstić information content (AvgIpc) is 3.36. The number of amides is 1. The van der Waals surface area contributed by atoms with Gasteiger partial charge in [0, 0.05) is 32.3 Å². The number of carbonyl (C=O) groups is 2. The smallest absolute Gasteiger partial charge is 0.257 e. The summed E-state index contributed by atoms with van der Waals surface area (Å²) in [6.45, 7) is 1.95. The number of likely N-dealkylation sites (N-methyl/N-ethyl adjacent to an activating group) is 1. The van der Waals surface area contributed by atoms with E-state index in [2.05, 4.69) is 15.1 Å². The minimum atomic E-state index is -0.106. The van der Waals surface area contributed by atoms with Crippen molar-refractivity contribution in [3.63, 3.8) is 0 Å². The number of ketones is 1. The van der Waals surface area contributed by atoms with Crippen LogP contribution in [0.1, 0.15) is 27.4 Å². The molecule has 0 bridgehead atoms. The maximum Gasteiger partial charge on any atom is 0.257 e. The lowest BCUT2D eigenvalue weighted by Crippen LogP contribution is -2.23. The second kappa shape index (κ2) is 7.90. The van der Waals surface area contributed by atoms with Crippen molar-refractivity contribution in [2.45, 2.75) is 19.8 Å². The highest BCUT2D eigenvalue weighted by molar-refractivity contribution is 5.97. The van der Waals surface area contributed by atoms with Gasteiger partial charge in [0.2, 0.25) is 5.91 Å². The summed E-state index contributed by atoms with van der Waals surface area (Å²) < 4.78 is 7.12. The van der Waals surface area contributed by atoms with Crippen molar-refractivity contribution in [2.75, 3.05) is 14.1 Å². The molecule has 3 heterocycles. The van der Waals surface area contributed by atoms with Crippen molar-refractivity contribution < 1.29 is 14.1 Å². The summed E-state index contributed by atoms with van der Waals surface area (Å²) in [6, 6.07) is 11.3. The molecule has 0 saturated heterocycles. The quantitative estimate of drug-likeness (QED) is 0.460. The number of imidazole rings is 1. The van der Waals surface area contributed by atoms with Crippen LogP contribution in [0.4, 0.5) is 0 Å². The van der Waals surface area contributed by atoms with Crippen molar-refractivity contribution in [3.05, 3.63) is 71.4 Å². The molecule has 1 aromatic carbocycles. The summed E-state index contributed by atoms with van der Waals surface area (Å²) in [6.07, 6.45) is 3.72. The maximum absolute atomic E-state index is 12.9. The number of hydrogen-bond donors (Lipinski definition) is 0. The molecule has 0 N–H and O–H groups in total. The van der Waals surface area contributed by atoms with Gasteiger partial charge in [0.15, 0.2) is 11.6 Å². The molecule has 0 saturated carbocycles. The zero-order valence-electron chi connectivity index (χ0n) is 17.0. The van der Waals surface area contributed by atoms with E-state index in [1.165, 1.54) is 4.90 Å². The number of fused-ring (bicyclic) bond motifs is 1. The van der Waals surface area contributed by atoms with E-state index in [4.69, 9.17) is 4.52 Å². The minimum absolute atomic E-state index is 0.0308. The monoisotopic (exact) mass is 403 g/mol. The Morgan fingerprint density at radius 1 is 1.13 bits per heavy atom. The van der Waals surface area contributed by atoms with Crippen LogP contribution in [0.3, 0.4) is 0 Å².